The first-order chi connectivity index (χ1) is 23.5. The molecule has 0 atom stereocenters. The Labute approximate surface area is 280 Å². The molecule has 48 heavy (non-hydrogen) atoms. The van der Waals surface area contributed by atoms with Crippen LogP contribution in [0.1, 0.15) is 0 Å². The van der Waals surface area contributed by atoms with E-state index >= 15 is 0 Å². The lowest BCUT2D eigenvalue weighted by Crippen LogP contribution is -2.02. The topological polar surface area (TPSA) is 55.7 Å². The van der Waals surface area contributed by atoms with Crippen LogP contribution in [0.5, 0.6) is 0 Å². The minimum Gasteiger partial charge on any atom is -0.319 e. The van der Waals surface area contributed by atoms with Crippen LogP contribution in [0.15, 0.2) is 158 Å². The smallest absolute Gasteiger partial charge is 0.164 e. The van der Waals surface area contributed by atoms with E-state index in [1.54, 1.807) is 0 Å². The number of aromatic nitrogens is 3. The lowest BCUT2D eigenvalue weighted by molar-refractivity contribution is 0.588. The standard InChI is InChI=1S/C43H32N3OP/c1-48(2,47)33-27-25-30(26-28-33)39-36-23-14-24-37(40(36)35-22-13-12-21-34(35)38(39)29-15-6-3-7-16-29)43-45-41(31-17-8-4-9-18-31)44-42(46-43)32-19-10-5-11-20-32/h3-28H,1-2H3. The molecule has 0 saturated carbocycles. The zero-order valence-corrected chi connectivity index (χ0v) is 27.6. The highest BCUT2D eigenvalue weighted by molar-refractivity contribution is 7.70. The number of hydrogen-bond acceptors (Lipinski definition) is 4. The van der Waals surface area contributed by atoms with Crippen molar-refractivity contribution in [2.45, 2.75) is 0 Å². The van der Waals surface area contributed by atoms with Crippen LogP contribution >= 0.6 is 7.14 Å². The molecule has 0 radical (unpaired) electrons. The SMILES string of the molecule is CP(C)(=O)c1ccc(-c2c(-c3ccccc3)c3ccccc3c3c(-c4nc(-c5ccccc5)nc(-c5ccccc5)n4)cccc23)cc1. The maximum absolute atomic E-state index is 13.0. The fraction of sp³-hybridized carbons (Fsp3) is 0.0465. The van der Waals surface area contributed by atoms with Crippen LogP contribution in [0, 0.1) is 0 Å². The molecule has 0 saturated heterocycles. The van der Waals surface area contributed by atoms with E-state index in [1.165, 1.54) is 0 Å². The van der Waals surface area contributed by atoms with Gasteiger partial charge in [-0.3, -0.25) is 0 Å². The number of fused-ring (bicyclic) bond motifs is 3. The van der Waals surface area contributed by atoms with Crippen molar-refractivity contribution in [1.29, 1.82) is 0 Å². The second kappa shape index (κ2) is 12.2. The Morgan fingerprint density at radius 1 is 0.396 bits per heavy atom. The maximum Gasteiger partial charge on any atom is 0.164 e. The first kappa shape index (κ1) is 29.7. The molecular formula is C43H32N3OP. The van der Waals surface area contributed by atoms with Gasteiger partial charge >= 0.3 is 0 Å². The molecule has 4 nitrogen and oxygen atoms in total. The van der Waals surface area contributed by atoms with Crippen molar-refractivity contribution in [3.05, 3.63) is 158 Å². The van der Waals surface area contributed by atoms with E-state index < -0.39 is 7.14 Å². The van der Waals surface area contributed by atoms with Gasteiger partial charge in [-0.2, -0.15) is 0 Å². The minimum absolute atomic E-state index is 0.616. The first-order valence-electron chi connectivity index (χ1n) is 16.0. The van der Waals surface area contributed by atoms with E-state index in [9.17, 15) is 4.57 Å². The third kappa shape index (κ3) is 5.41. The van der Waals surface area contributed by atoms with Gasteiger partial charge in [-0.1, -0.05) is 158 Å². The van der Waals surface area contributed by atoms with Crippen LogP contribution in [0.3, 0.4) is 0 Å². The summed E-state index contributed by atoms with van der Waals surface area (Å²) in [6, 6.07) is 54.0. The Bertz CT molecular complexity index is 2420. The summed E-state index contributed by atoms with van der Waals surface area (Å²) < 4.78 is 13.0. The second-order valence-corrected chi connectivity index (χ2v) is 15.5. The zero-order chi connectivity index (χ0) is 32.7. The summed E-state index contributed by atoms with van der Waals surface area (Å²) in [7, 11) is -2.42. The van der Waals surface area contributed by atoms with Gasteiger partial charge in [-0.15, -0.1) is 0 Å². The van der Waals surface area contributed by atoms with Gasteiger partial charge in [-0.25, -0.2) is 15.0 Å². The Morgan fingerprint density at radius 2 is 0.833 bits per heavy atom. The molecule has 0 fully saturated rings. The number of rotatable bonds is 6. The van der Waals surface area contributed by atoms with Crippen LogP contribution in [0.25, 0.3) is 78.0 Å². The molecule has 1 heterocycles. The number of hydrogen-bond donors (Lipinski definition) is 0. The van der Waals surface area contributed by atoms with Crippen molar-refractivity contribution in [2.75, 3.05) is 13.3 Å². The van der Waals surface area contributed by atoms with Gasteiger partial charge < -0.3 is 4.57 Å². The molecule has 7 aromatic carbocycles. The van der Waals surface area contributed by atoms with Crippen molar-refractivity contribution in [2.24, 2.45) is 0 Å². The summed E-state index contributed by atoms with van der Waals surface area (Å²) in [5.74, 6) is 1.87. The molecule has 0 N–H and O–H groups in total. The van der Waals surface area contributed by atoms with E-state index in [0.717, 1.165) is 65.8 Å². The zero-order valence-electron chi connectivity index (χ0n) is 26.7. The van der Waals surface area contributed by atoms with Crippen molar-refractivity contribution in [3.8, 4) is 56.4 Å². The Kier molecular flexibility index (Phi) is 7.51. The van der Waals surface area contributed by atoms with Gasteiger partial charge in [0.05, 0.1) is 0 Å². The van der Waals surface area contributed by atoms with Crippen LogP contribution in [0.2, 0.25) is 0 Å². The summed E-state index contributed by atoms with van der Waals surface area (Å²) in [6.45, 7) is 3.63. The van der Waals surface area contributed by atoms with Crippen LogP contribution in [-0.4, -0.2) is 28.3 Å². The molecule has 0 aliphatic rings. The summed E-state index contributed by atoms with van der Waals surface area (Å²) in [5, 5.41) is 5.30. The first-order valence-corrected chi connectivity index (χ1v) is 18.6. The Balaban J connectivity index is 1.48. The Morgan fingerprint density at radius 3 is 1.40 bits per heavy atom. The van der Waals surface area contributed by atoms with Gasteiger partial charge in [0.2, 0.25) is 0 Å². The third-order valence-electron chi connectivity index (χ3n) is 8.83. The molecule has 8 rings (SSSR count). The summed E-state index contributed by atoms with van der Waals surface area (Å²) >= 11 is 0. The van der Waals surface area contributed by atoms with Gasteiger partial charge in [0.25, 0.3) is 0 Å². The highest BCUT2D eigenvalue weighted by Crippen LogP contribution is 2.47. The second-order valence-electron chi connectivity index (χ2n) is 12.3. The van der Waals surface area contributed by atoms with Gasteiger partial charge in [0.1, 0.15) is 7.14 Å². The van der Waals surface area contributed by atoms with Gasteiger partial charge in [-0.05, 0) is 51.7 Å². The molecule has 0 aliphatic carbocycles. The van der Waals surface area contributed by atoms with Crippen LogP contribution in [-0.2, 0) is 4.57 Å². The summed E-state index contributed by atoms with van der Waals surface area (Å²) in [5.41, 5.74) is 7.26. The van der Waals surface area contributed by atoms with E-state index in [4.69, 9.17) is 15.0 Å². The summed E-state index contributed by atoms with van der Waals surface area (Å²) in [6.07, 6.45) is 0. The van der Waals surface area contributed by atoms with Crippen molar-refractivity contribution in [1.82, 2.24) is 15.0 Å². The quantitative estimate of drug-likeness (QED) is 0.134. The van der Waals surface area contributed by atoms with E-state index in [2.05, 4.69) is 84.9 Å². The number of benzene rings is 7. The Hall–Kier alpha value is -5.70. The molecule has 0 aliphatic heterocycles. The summed E-state index contributed by atoms with van der Waals surface area (Å²) in [4.78, 5) is 15.2. The molecule has 0 amide bonds. The van der Waals surface area contributed by atoms with E-state index in [1.807, 2.05) is 86.1 Å². The lowest BCUT2D eigenvalue weighted by atomic mass is 9.83. The lowest BCUT2D eigenvalue weighted by Gasteiger charge is -2.20. The molecule has 5 heteroatoms. The van der Waals surface area contributed by atoms with E-state index in [-0.39, 0.29) is 0 Å². The fourth-order valence-corrected chi connectivity index (χ4v) is 7.41. The molecule has 0 unspecified atom stereocenters. The van der Waals surface area contributed by atoms with E-state index in [0.29, 0.717) is 17.5 Å². The average molecular weight is 638 g/mol. The van der Waals surface area contributed by atoms with Crippen molar-refractivity contribution >= 4 is 34.0 Å². The monoisotopic (exact) mass is 637 g/mol. The van der Waals surface area contributed by atoms with Crippen molar-refractivity contribution in [3.63, 3.8) is 0 Å². The highest BCUT2D eigenvalue weighted by Gasteiger charge is 2.22. The van der Waals surface area contributed by atoms with Crippen LogP contribution < -0.4 is 5.30 Å². The van der Waals surface area contributed by atoms with Crippen molar-refractivity contribution < 1.29 is 4.57 Å². The molecule has 8 aromatic rings. The van der Waals surface area contributed by atoms with Crippen LogP contribution in [0.4, 0.5) is 0 Å². The molecule has 0 spiro atoms. The fourth-order valence-electron chi connectivity index (χ4n) is 6.55. The largest absolute Gasteiger partial charge is 0.319 e. The third-order valence-corrected chi connectivity index (χ3v) is 10.4. The molecule has 1 aromatic heterocycles. The minimum atomic E-state index is -2.42. The number of nitrogens with zero attached hydrogens (tertiary/aromatic N) is 3. The molecular weight excluding hydrogens is 605 g/mol. The average Bonchev–Trinajstić information content (AvgIpc) is 3.14. The highest BCUT2D eigenvalue weighted by atomic mass is 31.2. The van der Waals surface area contributed by atoms with Gasteiger partial charge in [0, 0.05) is 27.4 Å². The maximum atomic E-state index is 13.0. The normalized spacial score (nSPS) is 11.6. The molecule has 230 valence electrons. The van der Waals surface area contributed by atoms with Gasteiger partial charge in [0.15, 0.2) is 17.5 Å². The predicted octanol–water partition coefficient (Wildman–Crippen LogP) is 10.8. The molecule has 0 bridgehead atoms. The predicted molar refractivity (Wildman–Crippen MR) is 201 cm³/mol.